The van der Waals surface area contributed by atoms with E-state index in [1.165, 1.54) is 42.9 Å². The fraction of sp³-hybridized carbons (Fsp3) is 0.583. The number of piperidine rings is 2. The number of carboxylic acid groups (broad SMARTS) is 1. The van der Waals surface area contributed by atoms with Crippen LogP contribution in [0.3, 0.4) is 0 Å². The van der Waals surface area contributed by atoms with Crippen molar-refractivity contribution in [2.24, 2.45) is 0 Å². The lowest BCUT2D eigenvalue weighted by molar-refractivity contribution is 0.141. The Balaban J connectivity index is 1.50. The van der Waals surface area contributed by atoms with Crippen LogP contribution in [0.4, 0.5) is 14.9 Å². The van der Waals surface area contributed by atoms with Crippen molar-refractivity contribution < 1.29 is 19.0 Å². The lowest BCUT2D eigenvalue weighted by atomic mass is 9.98. The van der Waals surface area contributed by atoms with Crippen LogP contribution in [0.1, 0.15) is 62.0 Å². The number of halogens is 1. The summed E-state index contributed by atoms with van der Waals surface area (Å²) in [5.74, 6) is -0.489. The molecule has 2 saturated heterocycles. The van der Waals surface area contributed by atoms with Gasteiger partial charge in [0.05, 0.1) is 17.4 Å². The van der Waals surface area contributed by atoms with E-state index in [9.17, 15) is 9.59 Å². The average Bonchev–Trinajstić information content (AvgIpc) is 3.62. The topological polar surface area (TPSA) is 74.5 Å². The monoisotopic (exact) mass is 443 g/mol. The molecule has 3 aliphatic rings. The van der Waals surface area contributed by atoms with Crippen LogP contribution in [-0.2, 0) is 0 Å². The molecule has 2 aliphatic heterocycles. The predicted octanol–water partition coefficient (Wildman–Crippen LogP) is 4.14. The lowest BCUT2D eigenvalue weighted by Gasteiger charge is -2.41. The summed E-state index contributed by atoms with van der Waals surface area (Å²) in [6.07, 6.45) is 7.47. The summed E-state index contributed by atoms with van der Waals surface area (Å²) in [6.45, 7) is 5.79. The molecule has 2 aromatic rings. The Bertz CT molecular complexity index is 1100. The van der Waals surface area contributed by atoms with E-state index in [0.29, 0.717) is 17.2 Å². The first-order chi connectivity index (χ1) is 15.4. The molecule has 5 rings (SSSR count). The number of aromatic nitrogens is 1. The van der Waals surface area contributed by atoms with Gasteiger partial charge in [0.2, 0.25) is 0 Å². The third-order valence-electron chi connectivity index (χ3n) is 7.31. The molecule has 0 unspecified atom stereocenters. The predicted molar refractivity (Wildman–Crippen MR) is 120 cm³/mol. The second-order valence-electron chi connectivity index (χ2n) is 9.40. The maximum Gasteiger partial charge on any atom is 0.511 e. The lowest BCUT2D eigenvalue weighted by Crippen LogP contribution is -2.47. The maximum absolute atomic E-state index is 15.4. The third kappa shape index (κ3) is 3.85. The Morgan fingerprint density at radius 2 is 1.78 bits per heavy atom. The van der Waals surface area contributed by atoms with Gasteiger partial charge in [-0.05, 0) is 81.6 Å². The Labute approximate surface area is 186 Å². The Morgan fingerprint density at radius 1 is 1.09 bits per heavy atom. The number of fused-ring (bicyclic) bond motifs is 1. The van der Waals surface area contributed by atoms with Crippen LogP contribution >= 0.6 is 0 Å². The summed E-state index contributed by atoms with van der Waals surface area (Å²) >= 11 is 0. The SMILES string of the molecule is Cc1c(N2CCC(N3CCCCC3)CC2)c(F)cn2c(=O)c(OC(=O)O)cc(C3CC3)c12. The quantitative estimate of drug-likeness (QED) is 0.716. The molecular formula is C24H30FN3O4. The first kappa shape index (κ1) is 21.2. The number of carbonyl (C=O) groups is 1. The second kappa shape index (κ2) is 8.39. The smallest absolute Gasteiger partial charge is 0.449 e. The number of rotatable bonds is 4. The van der Waals surface area contributed by atoms with Gasteiger partial charge in [0, 0.05) is 19.1 Å². The molecule has 4 heterocycles. The highest BCUT2D eigenvalue weighted by molar-refractivity contribution is 5.74. The van der Waals surface area contributed by atoms with Gasteiger partial charge in [-0.15, -0.1) is 0 Å². The number of ether oxygens (including phenoxy) is 1. The molecule has 0 atom stereocenters. The molecule has 2 aromatic heterocycles. The van der Waals surface area contributed by atoms with Crippen molar-refractivity contribution >= 4 is 17.4 Å². The van der Waals surface area contributed by atoms with E-state index in [2.05, 4.69) is 9.80 Å². The van der Waals surface area contributed by atoms with Crippen LogP contribution in [0.5, 0.6) is 5.75 Å². The molecule has 7 nitrogen and oxygen atoms in total. The summed E-state index contributed by atoms with van der Waals surface area (Å²) in [6, 6.07) is 2.11. The zero-order valence-corrected chi connectivity index (χ0v) is 18.5. The zero-order valence-electron chi connectivity index (χ0n) is 18.5. The minimum absolute atomic E-state index is 0.239. The van der Waals surface area contributed by atoms with Gasteiger partial charge in [0.25, 0.3) is 5.56 Å². The van der Waals surface area contributed by atoms with Crippen molar-refractivity contribution in [2.75, 3.05) is 31.1 Å². The van der Waals surface area contributed by atoms with Crippen molar-refractivity contribution in [1.29, 1.82) is 0 Å². The fourth-order valence-electron chi connectivity index (χ4n) is 5.62. The van der Waals surface area contributed by atoms with Crippen molar-refractivity contribution in [3.8, 4) is 5.75 Å². The van der Waals surface area contributed by atoms with Crippen LogP contribution in [0.15, 0.2) is 17.1 Å². The fourth-order valence-corrected chi connectivity index (χ4v) is 5.62. The molecule has 32 heavy (non-hydrogen) atoms. The second-order valence-corrected chi connectivity index (χ2v) is 9.40. The minimum Gasteiger partial charge on any atom is -0.449 e. The Hall–Kier alpha value is -2.61. The number of aryl methyl sites for hydroxylation is 1. The standard InChI is InChI=1S/C24H30FN3O4/c1-15-21-18(16-5-6-16)13-20(32-24(30)31)23(29)28(21)14-19(25)22(15)27-11-7-17(8-12-27)26-9-3-2-4-10-26/h13-14,16-17H,2-12H2,1H3,(H,30,31). The van der Waals surface area contributed by atoms with E-state index in [-0.39, 0.29) is 11.7 Å². The van der Waals surface area contributed by atoms with E-state index in [1.54, 1.807) is 6.07 Å². The van der Waals surface area contributed by atoms with E-state index < -0.39 is 17.5 Å². The highest BCUT2D eigenvalue weighted by atomic mass is 19.1. The van der Waals surface area contributed by atoms with E-state index >= 15 is 4.39 Å². The highest BCUT2D eigenvalue weighted by Gasteiger charge is 2.32. The maximum atomic E-state index is 15.4. The number of nitrogens with zero attached hydrogens (tertiary/aromatic N) is 3. The third-order valence-corrected chi connectivity index (χ3v) is 7.31. The first-order valence-electron chi connectivity index (χ1n) is 11.7. The molecule has 172 valence electrons. The van der Waals surface area contributed by atoms with Crippen LogP contribution in [0.2, 0.25) is 0 Å². The molecule has 0 spiro atoms. The van der Waals surface area contributed by atoms with Crippen LogP contribution < -0.4 is 15.2 Å². The summed E-state index contributed by atoms with van der Waals surface area (Å²) < 4.78 is 21.3. The van der Waals surface area contributed by atoms with Gasteiger partial charge >= 0.3 is 6.16 Å². The zero-order chi connectivity index (χ0) is 22.4. The van der Waals surface area contributed by atoms with Crippen molar-refractivity contribution in [1.82, 2.24) is 9.30 Å². The number of pyridine rings is 2. The highest BCUT2D eigenvalue weighted by Crippen LogP contribution is 2.44. The summed E-state index contributed by atoms with van der Waals surface area (Å²) in [7, 11) is 0. The normalized spacial score (nSPS) is 20.6. The summed E-state index contributed by atoms with van der Waals surface area (Å²) in [5.41, 5.74) is 2.20. The molecule has 1 saturated carbocycles. The average molecular weight is 444 g/mol. The van der Waals surface area contributed by atoms with E-state index in [1.807, 2.05) is 6.92 Å². The van der Waals surface area contributed by atoms with Crippen LogP contribution in [0, 0.1) is 12.7 Å². The van der Waals surface area contributed by atoms with Gasteiger partial charge in [0.1, 0.15) is 0 Å². The summed E-state index contributed by atoms with van der Waals surface area (Å²) in [4.78, 5) is 28.6. The minimum atomic E-state index is -1.55. The number of hydrogen-bond donors (Lipinski definition) is 1. The van der Waals surface area contributed by atoms with Crippen molar-refractivity contribution in [3.05, 3.63) is 39.6 Å². The molecule has 0 radical (unpaired) electrons. The summed E-state index contributed by atoms with van der Waals surface area (Å²) in [5, 5.41) is 8.99. The number of hydrogen-bond acceptors (Lipinski definition) is 5. The van der Waals surface area contributed by atoms with Gasteiger partial charge in [0.15, 0.2) is 11.6 Å². The Kier molecular flexibility index (Phi) is 5.57. The molecule has 3 fully saturated rings. The molecular weight excluding hydrogens is 413 g/mol. The molecule has 1 aliphatic carbocycles. The first-order valence-corrected chi connectivity index (χ1v) is 11.7. The Morgan fingerprint density at radius 3 is 2.41 bits per heavy atom. The number of anilines is 1. The molecule has 1 N–H and O–H groups in total. The largest absolute Gasteiger partial charge is 0.511 e. The van der Waals surface area contributed by atoms with Crippen LogP contribution in [0.25, 0.3) is 5.52 Å². The molecule has 0 aromatic carbocycles. The number of likely N-dealkylation sites (tertiary alicyclic amines) is 1. The molecule has 0 bridgehead atoms. The van der Waals surface area contributed by atoms with Gasteiger partial charge < -0.3 is 19.6 Å². The van der Waals surface area contributed by atoms with Gasteiger partial charge in [-0.3, -0.25) is 9.20 Å². The van der Waals surface area contributed by atoms with Gasteiger partial charge in [-0.2, -0.15) is 0 Å². The van der Waals surface area contributed by atoms with E-state index in [4.69, 9.17) is 9.84 Å². The van der Waals surface area contributed by atoms with Crippen molar-refractivity contribution in [3.63, 3.8) is 0 Å². The van der Waals surface area contributed by atoms with Crippen molar-refractivity contribution in [2.45, 2.75) is 63.8 Å². The van der Waals surface area contributed by atoms with Gasteiger partial charge in [-0.25, -0.2) is 9.18 Å². The van der Waals surface area contributed by atoms with Crippen LogP contribution in [-0.4, -0.2) is 52.8 Å². The molecule has 8 heteroatoms. The molecule has 0 amide bonds. The van der Waals surface area contributed by atoms with Gasteiger partial charge in [-0.1, -0.05) is 6.42 Å². The van der Waals surface area contributed by atoms with E-state index in [0.717, 1.165) is 49.9 Å².